The van der Waals surface area contributed by atoms with Crippen LogP contribution in [0.3, 0.4) is 0 Å². The van der Waals surface area contributed by atoms with Crippen LogP contribution in [0, 0.1) is 13.8 Å². The molecule has 114 valence electrons. The quantitative estimate of drug-likeness (QED) is 0.849. The maximum absolute atomic E-state index is 12.6. The van der Waals surface area contributed by atoms with E-state index >= 15 is 0 Å². The van der Waals surface area contributed by atoms with Gasteiger partial charge in [0.1, 0.15) is 11.4 Å². The lowest BCUT2D eigenvalue weighted by Crippen LogP contribution is -2.39. The molecular weight excluding hydrogens is 270 g/mol. The summed E-state index contributed by atoms with van der Waals surface area (Å²) < 4.78 is 0. The van der Waals surface area contributed by atoms with Crippen molar-refractivity contribution in [2.24, 2.45) is 0 Å². The van der Waals surface area contributed by atoms with Gasteiger partial charge in [-0.2, -0.15) is 0 Å². The van der Waals surface area contributed by atoms with Crippen LogP contribution in [0.1, 0.15) is 52.8 Å². The SMILES string of the molecule is Cc1nc(C2CC2)nc(C)c1C(=O)N1CCC(O)(CO)C1. The van der Waals surface area contributed by atoms with E-state index in [9.17, 15) is 15.0 Å². The van der Waals surface area contributed by atoms with Crippen LogP contribution < -0.4 is 0 Å². The number of aliphatic hydroxyl groups excluding tert-OH is 1. The van der Waals surface area contributed by atoms with Crippen molar-refractivity contribution in [3.63, 3.8) is 0 Å². The van der Waals surface area contributed by atoms with Crippen molar-refractivity contribution >= 4 is 5.91 Å². The van der Waals surface area contributed by atoms with E-state index in [1.807, 2.05) is 13.8 Å². The first-order valence-electron chi connectivity index (χ1n) is 7.41. The summed E-state index contributed by atoms with van der Waals surface area (Å²) in [4.78, 5) is 23.2. The number of rotatable bonds is 3. The van der Waals surface area contributed by atoms with Crippen LogP contribution in [0.25, 0.3) is 0 Å². The first kappa shape index (κ1) is 14.4. The van der Waals surface area contributed by atoms with Crippen LogP contribution in [0.15, 0.2) is 0 Å². The molecule has 1 amide bonds. The van der Waals surface area contributed by atoms with Gasteiger partial charge in [0.2, 0.25) is 0 Å². The summed E-state index contributed by atoms with van der Waals surface area (Å²) in [6.45, 7) is 3.95. The van der Waals surface area contributed by atoms with Gasteiger partial charge < -0.3 is 15.1 Å². The second kappa shape index (κ2) is 5.03. The summed E-state index contributed by atoms with van der Waals surface area (Å²) in [5.41, 5.74) is 0.760. The highest BCUT2D eigenvalue weighted by Gasteiger charge is 2.39. The summed E-state index contributed by atoms with van der Waals surface area (Å²) in [6, 6.07) is 0. The number of amides is 1. The van der Waals surface area contributed by atoms with Gasteiger partial charge in [0.25, 0.3) is 5.91 Å². The predicted molar refractivity (Wildman–Crippen MR) is 76.0 cm³/mol. The Kier molecular flexibility index (Phi) is 3.45. The number of aromatic nitrogens is 2. The van der Waals surface area contributed by atoms with E-state index in [1.165, 1.54) is 0 Å². The topological polar surface area (TPSA) is 86.6 Å². The van der Waals surface area contributed by atoms with Crippen molar-refractivity contribution in [1.82, 2.24) is 14.9 Å². The molecule has 1 saturated heterocycles. The summed E-state index contributed by atoms with van der Waals surface area (Å²) in [7, 11) is 0. The van der Waals surface area contributed by atoms with E-state index in [0.29, 0.717) is 35.8 Å². The maximum atomic E-state index is 12.6. The first-order valence-corrected chi connectivity index (χ1v) is 7.41. The van der Waals surface area contributed by atoms with Crippen LogP contribution in [-0.4, -0.2) is 56.3 Å². The molecule has 1 atom stereocenters. The fraction of sp³-hybridized carbons (Fsp3) is 0.667. The van der Waals surface area contributed by atoms with Crippen molar-refractivity contribution in [2.75, 3.05) is 19.7 Å². The van der Waals surface area contributed by atoms with Crippen molar-refractivity contribution in [2.45, 2.75) is 44.6 Å². The number of carbonyl (C=O) groups excluding carboxylic acids is 1. The maximum Gasteiger partial charge on any atom is 0.257 e. The van der Waals surface area contributed by atoms with E-state index in [2.05, 4.69) is 9.97 Å². The van der Waals surface area contributed by atoms with Crippen LogP contribution in [0.2, 0.25) is 0 Å². The zero-order chi connectivity index (χ0) is 15.2. The van der Waals surface area contributed by atoms with E-state index < -0.39 is 5.60 Å². The standard InChI is InChI=1S/C15H21N3O3/c1-9-12(10(2)17-13(16-9)11-3-4-11)14(20)18-6-5-15(21,7-18)8-19/h11,19,21H,3-8H2,1-2H3. The van der Waals surface area contributed by atoms with Gasteiger partial charge in [-0.1, -0.05) is 0 Å². The number of nitrogens with zero attached hydrogens (tertiary/aromatic N) is 3. The van der Waals surface area contributed by atoms with Gasteiger partial charge in [-0.3, -0.25) is 4.79 Å². The number of likely N-dealkylation sites (tertiary alicyclic amines) is 1. The van der Waals surface area contributed by atoms with E-state index in [1.54, 1.807) is 4.90 Å². The summed E-state index contributed by atoms with van der Waals surface area (Å²) in [6.07, 6.45) is 2.65. The average molecular weight is 291 g/mol. The summed E-state index contributed by atoms with van der Waals surface area (Å²) >= 11 is 0. The van der Waals surface area contributed by atoms with Crippen molar-refractivity contribution in [3.8, 4) is 0 Å². The van der Waals surface area contributed by atoms with E-state index in [0.717, 1.165) is 18.7 Å². The Hall–Kier alpha value is -1.53. The van der Waals surface area contributed by atoms with Crippen molar-refractivity contribution in [3.05, 3.63) is 22.8 Å². The van der Waals surface area contributed by atoms with Gasteiger partial charge in [-0.15, -0.1) is 0 Å². The van der Waals surface area contributed by atoms with Crippen LogP contribution in [-0.2, 0) is 0 Å². The third-order valence-electron chi connectivity index (χ3n) is 4.36. The van der Waals surface area contributed by atoms with E-state index in [4.69, 9.17) is 0 Å². The fourth-order valence-electron chi connectivity index (χ4n) is 2.89. The number of aryl methyl sites for hydroxylation is 2. The second-order valence-corrected chi connectivity index (χ2v) is 6.26. The van der Waals surface area contributed by atoms with Gasteiger partial charge in [-0.25, -0.2) is 9.97 Å². The number of β-amino-alcohol motifs (C(OH)–C–C–N with tert-alkyl or cyclic N) is 1. The molecule has 1 saturated carbocycles. The Morgan fingerprint density at radius 2 is 1.95 bits per heavy atom. The average Bonchev–Trinajstić information content (AvgIpc) is 3.21. The number of carbonyl (C=O) groups is 1. The lowest BCUT2D eigenvalue weighted by atomic mass is 10.1. The Morgan fingerprint density at radius 3 is 2.43 bits per heavy atom. The highest BCUT2D eigenvalue weighted by molar-refractivity contribution is 5.96. The molecule has 1 aliphatic carbocycles. The lowest BCUT2D eigenvalue weighted by Gasteiger charge is -2.22. The van der Waals surface area contributed by atoms with Crippen molar-refractivity contribution < 1.29 is 15.0 Å². The number of hydrogen-bond acceptors (Lipinski definition) is 5. The normalized spacial score (nSPS) is 25.4. The molecule has 1 aliphatic heterocycles. The zero-order valence-electron chi connectivity index (χ0n) is 12.5. The minimum absolute atomic E-state index is 0.156. The van der Waals surface area contributed by atoms with Gasteiger partial charge in [0.05, 0.1) is 30.1 Å². The molecule has 21 heavy (non-hydrogen) atoms. The smallest absolute Gasteiger partial charge is 0.257 e. The second-order valence-electron chi connectivity index (χ2n) is 6.26. The minimum atomic E-state index is -1.17. The van der Waals surface area contributed by atoms with Gasteiger partial charge in [0.15, 0.2) is 0 Å². The van der Waals surface area contributed by atoms with Crippen molar-refractivity contribution in [1.29, 1.82) is 0 Å². The molecule has 0 bridgehead atoms. The molecule has 1 unspecified atom stereocenters. The third kappa shape index (κ3) is 2.65. The molecule has 3 rings (SSSR count). The Balaban J connectivity index is 1.85. The Bertz CT molecular complexity index is 563. The molecule has 2 fully saturated rings. The lowest BCUT2D eigenvalue weighted by molar-refractivity contribution is -0.00457. The molecule has 2 aliphatic rings. The molecule has 1 aromatic heterocycles. The largest absolute Gasteiger partial charge is 0.393 e. The third-order valence-corrected chi connectivity index (χ3v) is 4.36. The van der Waals surface area contributed by atoms with Crippen LogP contribution in [0.4, 0.5) is 0 Å². The molecule has 2 heterocycles. The molecule has 2 N–H and O–H groups in total. The summed E-state index contributed by atoms with van der Waals surface area (Å²) in [5.74, 6) is 1.14. The monoisotopic (exact) mass is 291 g/mol. The Morgan fingerprint density at radius 1 is 1.33 bits per heavy atom. The Labute approximate surface area is 123 Å². The fourth-order valence-corrected chi connectivity index (χ4v) is 2.89. The molecular formula is C15H21N3O3. The first-order chi connectivity index (χ1) is 9.93. The van der Waals surface area contributed by atoms with Crippen LogP contribution in [0.5, 0.6) is 0 Å². The number of hydrogen-bond donors (Lipinski definition) is 2. The molecule has 0 aromatic carbocycles. The van der Waals surface area contributed by atoms with Crippen LogP contribution >= 0.6 is 0 Å². The van der Waals surface area contributed by atoms with Gasteiger partial charge in [-0.05, 0) is 33.1 Å². The van der Waals surface area contributed by atoms with Gasteiger partial charge >= 0.3 is 0 Å². The number of aliphatic hydroxyl groups is 2. The molecule has 6 nitrogen and oxygen atoms in total. The molecule has 6 heteroatoms. The highest BCUT2D eigenvalue weighted by atomic mass is 16.3. The minimum Gasteiger partial charge on any atom is -0.393 e. The molecule has 0 radical (unpaired) electrons. The predicted octanol–water partition coefficient (Wildman–Crippen LogP) is 0.540. The van der Waals surface area contributed by atoms with Gasteiger partial charge in [0, 0.05) is 12.5 Å². The molecule has 0 spiro atoms. The summed E-state index contributed by atoms with van der Waals surface area (Å²) in [5, 5.41) is 19.3. The van der Waals surface area contributed by atoms with E-state index in [-0.39, 0.29) is 19.1 Å². The zero-order valence-corrected chi connectivity index (χ0v) is 12.5. The molecule has 1 aromatic rings. The highest BCUT2D eigenvalue weighted by Crippen LogP contribution is 2.38.